The third-order valence-electron chi connectivity index (χ3n) is 1.96. The highest BCUT2D eigenvalue weighted by molar-refractivity contribution is 7.22. The standard InChI is InChI=1S/C8H7BFNO2S/c10-8-4-3-7(11)14-6(4)2-1-5(8)9(12)13/h1-3,12-13H,11H2. The second-order valence-corrected chi connectivity index (χ2v) is 4.02. The summed E-state index contributed by atoms with van der Waals surface area (Å²) in [5.74, 6) is -0.620. The molecule has 1 aromatic heterocycles. The Bertz CT molecular complexity index is 485. The van der Waals surface area contributed by atoms with E-state index in [2.05, 4.69) is 0 Å². The Morgan fingerprint density at radius 3 is 2.71 bits per heavy atom. The zero-order chi connectivity index (χ0) is 10.3. The van der Waals surface area contributed by atoms with Crippen molar-refractivity contribution in [2.45, 2.75) is 0 Å². The van der Waals surface area contributed by atoms with Crippen molar-refractivity contribution in [3.63, 3.8) is 0 Å². The zero-order valence-electron chi connectivity index (χ0n) is 7.07. The van der Waals surface area contributed by atoms with E-state index in [4.69, 9.17) is 15.8 Å². The summed E-state index contributed by atoms with van der Waals surface area (Å²) >= 11 is 1.26. The van der Waals surface area contributed by atoms with Crippen LogP contribution in [0, 0.1) is 5.82 Å². The topological polar surface area (TPSA) is 66.5 Å². The summed E-state index contributed by atoms with van der Waals surface area (Å²) in [6.07, 6.45) is 0. The molecule has 1 heterocycles. The van der Waals surface area contributed by atoms with Crippen molar-refractivity contribution in [1.82, 2.24) is 0 Å². The van der Waals surface area contributed by atoms with Gasteiger partial charge in [-0.25, -0.2) is 4.39 Å². The van der Waals surface area contributed by atoms with E-state index in [1.54, 1.807) is 6.07 Å². The highest BCUT2D eigenvalue weighted by Crippen LogP contribution is 2.28. The molecular formula is C8H7BFNO2S. The van der Waals surface area contributed by atoms with Crippen LogP contribution in [-0.4, -0.2) is 17.2 Å². The first-order chi connectivity index (χ1) is 6.59. The molecule has 3 nitrogen and oxygen atoms in total. The van der Waals surface area contributed by atoms with Crippen LogP contribution in [0.15, 0.2) is 18.2 Å². The molecule has 0 amide bonds. The summed E-state index contributed by atoms with van der Waals surface area (Å²) < 4.78 is 14.3. The molecule has 0 bridgehead atoms. The maximum absolute atomic E-state index is 13.6. The van der Waals surface area contributed by atoms with Crippen LogP contribution in [0.3, 0.4) is 0 Å². The normalized spacial score (nSPS) is 10.8. The molecule has 0 saturated carbocycles. The van der Waals surface area contributed by atoms with Gasteiger partial charge in [0.25, 0.3) is 0 Å². The van der Waals surface area contributed by atoms with Crippen molar-refractivity contribution in [1.29, 1.82) is 0 Å². The number of nitrogens with two attached hydrogens (primary N) is 1. The molecule has 0 spiro atoms. The van der Waals surface area contributed by atoms with Crippen molar-refractivity contribution in [2.75, 3.05) is 5.73 Å². The van der Waals surface area contributed by atoms with E-state index >= 15 is 0 Å². The van der Waals surface area contributed by atoms with E-state index in [1.165, 1.54) is 23.5 Å². The quantitative estimate of drug-likeness (QED) is 0.594. The van der Waals surface area contributed by atoms with Crippen LogP contribution in [0.1, 0.15) is 0 Å². The fourth-order valence-electron chi connectivity index (χ4n) is 1.31. The van der Waals surface area contributed by atoms with Gasteiger partial charge in [-0.3, -0.25) is 0 Å². The lowest BCUT2D eigenvalue weighted by atomic mass is 9.79. The molecule has 0 unspecified atom stereocenters. The largest absolute Gasteiger partial charge is 0.491 e. The maximum atomic E-state index is 13.6. The number of nitrogen functional groups attached to an aromatic ring is 1. The van der Waals surface area contributed by atoms with E-state index in [1.807, 2.05) is 0 Å². The highest BCUT2D eigenvalue weighted by atomic mass is 32.1. The van der Waals surface area contributed by atoms with Gasteiger partial charge in [0, 0.05) is 15.5 Å². The number of halogens is 1. The van der Waals surface area contributed by atoms with Crippen LogP contribution in [0.4, 0.5) is 9.39 Å². The molecule has 0 atom stereocenters. The Balaban J connectivity index is 2.74. The summed E-state index contributed by atoms with van der Waals surface area (Å²) in [7, 11) is -1.79. The molecule has 0 fully saturated rings. The second kappa shape index (κ2) is 3.23. The van der Waals surface area contributed by atoms with Crippen molar-refractivity contribution in [3.05, 3.63) is 24.0 Å². The minimum Gasteiger partial charge on any atom is -0.423 e. The Morgan fingerprint density at radius 2 is 2.07 bits per heavy atom. The van der Waals surface area contributed by atoms with Crippen LogP contribution in [0.5, 0.6) is 0 Å². The average molecular weight is 211 g/mol. The number of hydrogen-bond donors (Lipinski definition) is 3. The van der Waals surface area contributed by atoms with Crippen LogP contribution < -0.4 is 11.2 Å². The van der Waals surface area contributed by atoms with Gasteiger partial charge in [0.2, 0.25) is 0 Å². The first-order valence-corrected chi connectivity index (χ1v) is 4.75. The number of anilines is 1. The minimum atomic E-state index is -1.79. The molecule has 0 aliphatic heterocycles. The smallest absolute Gasteiger partial charge is 0.423 e. The van der Waals surface area contributed by atoms with Crippen molar-refractivity contribution >= 4 is 39.0 Å². The third kappa shape index (κ3) is 1.37. The second-order valence-electron chi connectivity index (χ2n) is 2.90. The summed E-state index contributed by atoms with van der Waals surface area (Å²) in [6, 6.07) is 4.45. The Hall–Kier alpha value is -1.11. The van der Waals surface area contributed by atoms with E-state index in [-0.39, 0.29) is 5.46 Å². The lowest BCUT2D eigenvalue weighted by Crippen LogP contribution is -2.32. The van der Waals surface area contributed by atoms with Crippen molar-refractivity contribution in [3.8, 4) is 0 Å². The summed E-state index contributed by atoms with van der Waals surface area (Å²) in [6.45, 7) is 0. The van der Waals surface area contributed by atoms with Crippen LogP contribution in [0.2, 0.25) is 0 Å². The fourth-order valence-corrected chi connectivity index (χ4v) is 2.14. The molecule has 72 valence electrons. The van der Waals surface area contributed by atoms with Gasteiger partial charge in [0.1, 0.15) is 5.82 Å². The SMILES string of the molecule is Nc1cc2c(F)c(B(O)O)ccc2s1. The monoisotopic (exact) mass is 211 g/mol. The lowest BCUT2D eigenvalue weighted by molar-refractivity contribution is 0.423. The highest BCUT2D eigenvalue weighted by Gasteiger charge is 2.19. The number of rotatable bonds is 1. The number of fused-ring (bicyclic) bond motifs is 1. The van der Waals surface area contributed by atoms with Gasteiger partial charge in [-0.05, 0) is 12.1 Å². The van der Waals surface area contributed by atoms with Gasteiger partial charge in [-0.15, -0.1) is 11.3 Å². The van der Waals surface area contributed by atoms with E-state index in [0.717, 1.165) is 0 Å². The average Bonchev–Trinajstić information content (AvgIpc) is 2.46. The van der Waals surface area contributed by atoms with E-state index in [9.17, 15) is 4.39 Å². The Morgan fingerprint density at radius 1 is 1.36 bits per heavy atom. The molecule has 0 aliphatic carbocycles. The van der Waals surface area contributed by atoms with E-state index in [0.29, 0.717) is 15.1 Å². The molecule has 2 rings (SSSR count). The molecule has 0 saturated heterocycles. The number of thiophene rings is 1. The fraction of sp³-hybridized carbons (Fsp3) is 0. The number of hydrogen-bond acceptors (Lipinski definition) is 4. The molecule has 0 aliphatic rings. The van der Waals surface area contributed by atoms with Gasteiger partial charge < -0.3 is 15.8 Å². The molecule has 14 heavy (non-hydrogen) atoms. The summed E-state index contributed by atoms with van der Waals surface area (Å²) in [5, 5.41) is 18.6. The van der Waals surface area contributed by atoms with Crippen LogP contribution in [-0.2, 0) is 0 Å². The van der Waals surface area contributed by atoms with Crippen LogP contribution in [0.25, 0.3) is 10.1 Å². The van der Waals surface area contributed by atoms with Gasteiger partial charge in [-0.1, -0.05) is 6.07 Å². The minimum absolute atomic E-state index is 0.129. The predicted octanol–water partition coefficient (Wildman–Crippen LogP) is 0.302. The first kappa shape index (κ1) is 9.45. The van der Waals surface area contributed by atoms with Gasteiger partial charge >= 0.3 is 7.12 Å². The first-order valence-electron chi connectivity index (χ1n) is 3.93. The summed E-state index contributed by atoms with van der Waals surface area (Å²) in [5.41, 5.74) is 5.38. The third-order valence-corrected chi connectivity index (χ3v) is 2.89. The maximum Gasteiger partial charge on any atom is 0.491 e. The molecule has 2 aromatic rings. The molecule has 4 N–H and O–H groups in total. The molecule has 6 heteroatoms. The van der Waals surface area contributed by atoms with Crippen molar-refractivity contribution < 1.29 is 14.4 Å². The lowest BCUT2D eigenvalue weighted by Gasteiger charge is -2.01. The predicted molar refractivity (Wildman–Crippen MR) is 56.0 cm³/mol. The Kier molecular flexibility index (Phi) is 2.18. The molecule has 1 aromatic carbocycles. The van der Waals surface area contributed by atoms with Gasteiger partial charge in [0.15, 0.2) is 0 Å². The van der Waals surface area contributed by atoms with Gasteiger partial charge in [0.05, 0.1) is 5.00 Å². The Labute approximate surface area is 83.7 Å². The molecular weight excluding hydrogens is 204 g/mol. The number of benzene rings is 1. The van der Waals surface area contributed by atoms with Gasteiger partial charge in [-0.2, -0.15) is 0 Å². The molecule has 0 radical (unpaired) electrons. The van der Waals surface area contributed by atoms with E-state index < -0.39 is 12.9 Å². The van der Waals surface area contributed by atoms with Crippen LogP contribution >= 0.6 is 11.3 Å². The van der Waals surface area contributed by atoms with Crippen molar-refractivity contribution in [2.24, 2.45) is 0 Å². The zero-order valence-corrected chi connectivity index (χ0v) is 7.88. The summed E-state index contributed by atoms with van der Waals surface area (Å²) in [4.78, 5) is 0.